The van der Waals surface area contributed by atoms with E-state index in [1.807, 2.05) is 6.07 Å². The highest BCUT2D eigenvalue weighted by Gasteiger charge is 2.16. The SMILES string of the molecule is CCCCc1ccc2nc(NC(=S)NC(=O)c3ccc(-c4cccc([N+](=O)[O-])c4)o3)sc2c1. The van der Waals surface area contributed by atoms with Gasteiger partial charge in [-0.3, -0.25) is 20.2 Å². The minimum absolute atomic E-state index is 0.0329. The van der Waals surface area contributed by atoms with Gasteiger partial charge >= 0.3 is 0 Å². The number of benzene rings is 2. The average molecular weight is 481 g/mol. The predicted octanol–water partition coefficient (Wildman–Crippen LogP) is 5.93. The molecule has 1 amide bonds. The first-order valence-electron chi connectivity index (χ1n) is 10.3. The molecule has 168 valence electrons. The number of anilines is 1. The maximum absolute atomic E-state index is 12.5. The zero-order valence-corrected chi connectivity index (χ0v) is 19.3. The number of carbonyl (C=O) groups is 1. The minimum Gasteiger partial charge on any atom is -0.451 e. The van der Waals surface area contributed by atoms with E-state index in [0.717, 1.165) is 29.5 Å². The van der Waals surface area contributed by atoms with Crippen molar-refractivity contribution in [2.45, 2.75) is 26.2 Å². The van der Waals surface area contributed by atoms with Gasteiger partial charge in [-0.1, -0.05) is 42.9 Å². The molecule has 0 bridgehead atoms. The van der Waals surface area contributed by atoms with Crippen molar-refractivity contribution in [3.8, 4) is 11.3 Å². The van der Waals surface area contributed by atoms with Crippen LogP contribution in [0.5, 0.6) is 0 Å². The molecule has 0 radical (unpaired) electrons. The van der Waals surface area contributed by atoms with Gasteiger partial charge in [-0.15, -0.1) is 0 Å². The molecule has 33 heavy (non-hydrogen) atoms. The van der Waals surface area contributed by atoms with Crippen LogP contribution >= 0.6 is 23.6 Å². The van der Waals surface area contributed by atoms with Crippen LogP contribution < -0.4 is 10.6 Å². The maximum atomic E-state index is 12.5. The van der Waals surface area contributed by atoms with Gasteiger partial charge in [-0.25, -0.2) is 4.98 Å². The number of non-ortho nitro benzene ring substituents is 1. The number of unbranched alkanes of at least 4 members (excludes halogenated alkanes) is 1. The number of aryl methyl sites for hydroxylation is 1. The standard InChI is InChI=1S/C23H20N4O4S2/c1-2-3-5-14-8-9-17-20(12-14)33-23(24-17)26-22(32)25-21(28)19-11-10-18(31-19)15-6-4-7-16(13-15)27(29)30/h4,6-13H,2-3,5H2,1H3,(H2,24,25,26,28,32). The number of thiocarbonyl (C=S) groups is 1. The fraction of sp³-hybridized carbons (Fsp3) is 0.174. The van der Waals surface area contributed by atoms with Crippen molar-refractivity contribution in [1.82, 2.24) is 10.3 Å². The lowest BCUT2D eigenvalue weighted by Crippen LogP contribution is -2.33. The molecule has 2 aromatic carbocycles. The lowest BCUT2D eigenvalue weighted by molar-refractivity contribution is -0.384. The molecule has 0 aliphatic rings. The molecule has 0 fully saturated rings. The lowest BCUT2D eigenvalue weighted by Gasteiger charge is -2.05. The second-order valence-corrected chi connectivity index (χ2v) is 8.74. The van der Waals surface area contributed by atoms with Crippen LogP contribution in [0.25, 0.3) is 21.5 Å². The van der Waals surface area contributed by atoms with E-state index in [1.165, 1.54) is 35.1 Å². The largest absolute Gasteiger partial charge is 0.451 e. The van der Waals surface area contributed by atoms with Crippen molar-refractivity contribution in [3.05, 3.63) is 76.0 Å². The third kappa shape index (κ3) is 5.41. The molecule has 0 atom stereocenters. The van der Waals surface area contributed by atoms with Crippen LogP contribution in [0.4, 0.5) is 10.8 Å². The minimum atomic E-state index is -0.535. The first-order chi connectivity index (χ1) is 15.9. The summed E-state index contributed by atoms with van der Waals surface area (Å²) in [6.45, 7) is 2.17. The summed E-state index contributed by atoms with van der Waals surface area (Å²) < 4.78 is 6.62. The summed E-state index contributed by atoms with van der Waals surface area (Å²) in [4.78, 5) is 27.5. The highest BCUT2D eigenvalue weighted by atomic mass is 32.1. The Morgan fingerprint density at radius 1 is 1.21 bits per heavy atom. The van der Waals surface area contributed by atoms with Crippen LogP contribution in [0, 0.1) is 10.1 Å². The van der Waals surface area contributed by atoms with Gasteiger partial charge in [0.05, 0.1) is 15.1 Å². The number of nitro groups is 1. The smallest absolute Gasteiger partial charge is 0.293 e. The normalized spacial score (nSPS) is 10.8. The fourth-order valence-corrected chi connectivity index (χ4v) is 4.43. The predicted molar refractivity (Wildman–Crippen MR) is 133 cm³/mol. The summed E-state index contributed by atoms with van der Waals surface area (Å²) >= 11 is 6.71. The Kier molecular flexibility index (Phi) is 6.76. The molecule has 0 aliphatic carbocycles. The second-order valence-electron chi connectivity index (χ2n) is 7.30. The zero-order valence-electron chi connectivity index (χ0n) is 17.7. The zero-order chi connectivity index (χ0) is 23.4. The van der Waals surface area contributed by atoms with Crippen molar-refractivity contribution in [1.29, 1.82) is 0 Å². The Hall–Kier alpha value is -3.63. The van der Waals surface area contributed by atoms with E-state index in [2.05, 4.69) is 34.7 Å². The first kappa shape index (κ1) is 22.6. The number of nitrogens with zero attached hydrogens (tertiary/aromatic N) is 2. The summed E-state index contributed by atoms with van der Waals surface area (Å²) in [5.74, 6) is -0.162. The molecule has 0 saturated heterocycles. The van der Waals surface area contributed by atoms with Crippen molar-refractivity contribution in [3.63, 3.8) is 0 Å². The third-order valence-corrected chi connectivity index (χ3v) is 6.03. The van der Waals surface area contributed by atoms with E-state index in [1.54, 1.807) is 18.2 Å². The Morgan fingerprint density at radius 2 is 2.06 bits per heavy atom. The molecule has 0 aliphatic heterocycles. The summed E-state index contributed by atoms with van der Waals surface area (Å²) in [7, 11) is 0. The van der Waals surface area contributed by atoms with Gasteiger partial charge in [0, 0.05) is 17.7 Å². The average Bonchev–Trinajstić information content (AvgIpc) is 3.44. The van der Waals surface area contributed by atoms with Gasteiger partial charge in [-0.05, 0) is 54.9 Å². The molecule has 0 spiro atoms. The first-order valence-corrected chi connectivity index (χ1v) is 11.5. The molecule has 4 aromatic rings. The number of furan rings is 1. The Bertz CT molecular complexity index is 1350. The maximum Gasteiger partial charge on any atom is 0.293 e. The van der Waals surface area contributed by atoms with Crippen LogP contribution in [-0.2, 0) is 6.42 Å². The van der Waals surface area contributed by atoms with E-state index in [0.29, 0.717) is 16.5 Å². The van der Waals surface area contributed by atoms with Crippen LogP contribution in [0.1, 0.15) is 35.9 Å². The Balaban J connectivity index is 1.40. The van der Waals surface area contributed by atoms with E-state index in [4.69, 9.17) is 16.6 Å². The van der Waals surface area contributed by atoms with Crippen LogP contribution in [0.3, 0.4) is 0 Å². The Morgan fingerprint density at radius 3 is 2.85 bits per heavy atom. The molecule has 0 unspecified atom stereocenters. The number of hydrogen-bond acceptors (Lipinski definition) is 7. The number of nitro benzene ring substituents is 1. The molecular weight excluding hydrogens is 460 g/mol. The summed E-state index contributed by atoms with van der Waals surface area (Å²) in [5.41, 5.74) is 2.57. The molecule has 8 nitrogen and oxygen atoms in total. The lowest BCUT2D eigenvalue weighted by atomic mass is 10.1. The summed E-state index contributed by atoms with van der Waals surface area (Å²) in [6.07, 6.45) is 3.31. The van der Waals surface area contributed by atoms with Crippen molar-refractivity contribution in [2.24, 2.45) is 0 Å². The fourth-order valence-electron chi connectivity index (χ4n) is 3.24. The second kappa shape index (κ2) is 9.88. The molecule has 0 saturated carbocycles. The number of aromatic nitrogens is 1. The third-order valence-electron chi connectivity index (χ3n) is 4.89. The number of amides is 1. The van der Waals surface area contributed by atoms with Gasteiger partial charge in [0.15, 0.2) is 16.0 Å². The number of hydrogen-bond donors (Lipinski definition) is 2. The van der Waals surface area contributed by atoms with E-state index >= 15 is 0 Å². The van der Waals surface area contributed by atoms with Crippen molar-refractivity contribution in [2.75, 3.05) is 5.32 Å². The number of rotatable bonds is 7. The number of thiazole rings is 1. The van der Waals surface area contributed by atoms with Crippen LogP contribution in [0.2, 0.25) is 0 Å². The van der Waals surface area contributed by atoms with Gasteiger partial charge < -0.3 is 9.73 Å². The Labute approximate surface area is 198 Å². The number of nitrogens with one attached hydrogen (secondary N) is 2. The van der Waals surface area contributed by atoms with Gasteiger partial charge in [0.1, 0.15) is 5.76 Å². The molecule has 2 aromatic heterocycles. The van der Waals surface area contributed by atoms with E-state index in [9.17, 15) is 14.9 Å². The topological polar surface area (TPSA) is 110 Å². The molecule has 2 N–H and O–H groups in total. The highest BCUT2D eigenvalue weighted by molar-refractivity contribution is 7.80. The monoisotopic (exact) mass is 480 g/mol. The van der Waals surface area contributed by atoms with Crippen molar-refractivity contribution < 1.29 is 14.1 Å². The van der Waals surface area contributed by atoms with Crippen molar-refractivity contribution >= 4 is 55.6 Å². The molecule has 10 heteroatoms. The van der Waals surface area contributed by atoms with Crippen LogP contribution in [-0.4, -0.2) is 20.9 Å². The van der Waals surface area contributed by atoms with Gasteiger partial charge in [-0.2, -0.15) is 0 Å². The molecular formula is C23H20N4O4S2. The van der Waals surface area contributed by atoms with Gasteiger partial charge in [0.25, 0.3) is 11.6 Å². The van der Waals surface area contributed by atoms with Gasteiger partial charge in [0.2, 0.25) is 0 Å². The summed E-state index contributed by atoms with van der Waals surface area (Å²) in [6, 6.07) is 15.3. The van der Waals surface area contributed by atoms with E-state index in [-0.39, 0.29) is 16.6 Å². The quantitative estimate of drug-likeness (QED) is 0.191. The molecule has 4 rings (SSSR count). The number of carbonyl (C=O) groups excluding carboxylic acids is 1. The summed E-state index contributed by atoms with van der Waals surface area (Å²) in [5, 5.41) is 17.2. The molecule has 2 heterocycles. The van der Waals surface area contributed by atoms with Crippen LogP contribution in [0.15, 0.2) is 59.0 Å². The highest BCUT2D eigenvalue weighted by Crippen LogP contribution is 2.28. The van der Waals surface area contributed by atoms with E-state index < -0.39 is 10.8 Å². The number of fused-ring (bicyclic) bond motifs is 1.